The van der Waals surface area contributed by atoms with E-state index in [4.69, 9.17) is 0 Å². The van der Waals surface area contributed by atoms with E-state index in [1.165, 1.54) is 12.1 Å². The van der Waals surface area contributed by atoms with Gasteiger partial charge in [0.1, 0.15) is 10.3 Å². The van der Waals surface area contributed by atoms with Gasteiger partial charge in [0, 0.05) is 6.42 Å². The van der Waals surface area contributed by atoms with Crippen LogP contribution in [0.25, 0.3) is 10.8 Å². The van der Waals surface area contributed by atoms with Crippen LogP contribution in [0, 0.1) is 0 Å². The molecule has 2 heterocycles. The molecule has 5 rings (SSSR count). The molecular weight excluding hydrogens is 480 g/mol. The van der Waals surface area contributed by atoms with Crippen LogP contribution in [-0.4, -0.2) is 28.8 Å². The molecule has 0 aliphatic carbocycles. The maximum atomic E-state index is 13.7. The molecule has 1 amide bonds. The summed E-state index contributed by atoms with van der Waals surface area (Å²) in [5.41, 5.74) is 1.01. The van der Waals surface area contributed by atoms with Gasteiger partial charge in [-0.05, 0) is 46.0 Å². The Kier molecular flexibility index (Phi) is 5.23. The lowest BCUT2D eigenvalue weighted by Gasteiger charge is -2.26. The van der Waals surface area contributed by atoms with E-state index < -0.39 is 32.0 Å². The second-order valence-corrected chi connectivity index (χ2v) is 12.2. The van der Waals surface area contributed by atoms with Crippen LogP contribution in [0.15, 0.2) is 93.3 Å². The number of thiophene rings is 1. The van der Waals surface area contributed by atoms with Crippen molar-refractivity contribution < 1.29 is 21.6 Å². The smallest absolute Gasteiger partial charge is 0.272 e. The highest BCUT2D eigenvalue weighted by Gasteiger charge is 2.43. The number of nitrogens with zero attached hydrogens (tertiary/aromatic N) is 1. The summed E-state index contributed by atoms with van der Waals surface area (Å²) in [6, 6.07) is 20.6. The molecule has 168 valence electrons. The van der Waals surface area contributed by atoms with Crippen molar-refractivity contribution >= 4 is 53.8 Å². The van der Waals surface area contributed by atoms with Gasteiger partial charge in [-0.15, -0.1) is 11.3 Å². The molecule has 0 radical (unpaired) electrons. The van der Waals surface area contributed by atoms with Gasteiger partial charge in [-0.2, -0.15) is 0 Å². The molecular formula is C23H18N2O5S3. The third-order valence-electron chi connectivity index (χ3n) is 5.50. The minimum absolute atomic E-state index is 0.0182. The van der Waals surface area contributed by atoms with Crippen LogP contribution in [0.3, 0.4) is 0 Å². The first-order valence-electron chi connectivity index (χ1n) is 9.99. The number of carbonyl (C=O) groups is 1. The molecule has 0 saturated heterocycles. The topological polar surface area (TPSA) is 101 Å². The zero-order valence-corrected chi connectivity index (χ0v) is 19.5. The molecule has 7 nitrogen and oxygen atoms in total. The number of amides is 1. The van der Waals surface area contributed by atoms with E-state index in [0.717, 1.165) is 26.4 Å². The number of hydrogen-bond donors (Lipinski definition) is 1. The summed E-state index contributed by atoms with van der Waals surface area (Å²) in [6.45, 7) is 0. The van der Waals surface area contributed by atoms with Gasteiger partial charge in [0.05, 0.1) is 10.6 Å². The number of carbonyl (C=O) groups excluding carboxylic acids is 1. The van der Waals surface area contributed by atoms with Crippen molar-refractivity contribution in [3.05, 3.63) is 89.8 Å². The molecule has 0 fully saturated rings. The number of sulfonamides is 2. The zero-order valence-electron chi connectivity index (χ0n) is 17.1. The van der Waals surface area contributed by atoms with E-state index in [1.807, 2.05) is 24.3 Å². The first kappa shape index (κ1) is 21.6. The Hall–Kier alpha value is -3.21. The van der Waals surface area contributed by atoms with Crippen LogP contribution in [0.4, 0.5) is 5.69 Å². The summed E-state index contributed by atoms with van der Waals surface area (Å²) in [5.74, 6) is -0.899. The quantitative estimate of drug-likeness (QED) is 0.454. The average Bonchev–Trinajstić information content (AvgIpc) is 3.47. The number of anilines is 1. The fourth-order valence-electron chi connectivity index (χ4n) is 3.96. The molecule has 3 aromatic carbocycles. The highest BCUT2D eigenvalue weighted by Crippen LogP contribution is 2.37. The Balaban J connectivity index is 1.57. The molecule has 1 aliphatic rings. The molecule has 1 aliphatic heterocycles. The van der Waals surface area contributed by atoms with E-state index in [-0.39, 0.29) is 15.5 Å². The van der Waals surface area contributed by atoms with Gasteiger partial charge in [-0.1, -0.05) is 54.6 Å². The van der Waals surface area contributed by atoms with Gasteiger partial charge in [0.2, 0.25) is 0 Å². The Bertz CT molecular complexity index is 1580. The normalized spacial score (nSPS) is 16.0. The Morgan fingerprint density at radius 1 is 0.879 bits per heavy atom. The molecule has 1 unspecified atom stereocenters. The summed E-state index contributed by atoms with van der Waals surface area (Å²) in [7, 11) is -8.27. The molecule has 1 atom stereocenters. The van der Waals surface area contributed by atoms with Crippen molar-refractivity contribution in [2.75, 3.05) is 4.31 Å². The Labute approximate surface area is 195 Å². The first-order chi connectivity index (χ1) is 15.8. The van der Waals surface area contributed by atoms with Crippen molar-refractivity contribution in [2.24, 2.45) is 0 Å². The van der Waals surface area contributed by atoms with Gasteiger partial charge < -0.3 is 0 Å². The third kappa shape index (κ3) is 3.79. The van der Waals surface area contributed by atoms with E-state index in [9.17, 15) is 21.6 Å². The standard InChI is InChI=1S/C23H18N2O5S3/c26-23(24-32(27,28)22-10-5-13-31-22)21-15-18-8-3-4-9-20(18)25(21)33(29,30)19-12-11-16-6-1-2-7-17(16)14-19/h1-14,21H,15H2,(H,24,26). The highest BCUT2D eigenvalue weighted by molar-refractivity contribution is 7.93. The molecule has 1 aromatic heterocycles. The summed E-state index contributed by atoms with van der Waals surface area (Å²) >= 11 is 0.971. The second-order valence-electron chi connectivity index (χ2n) is 7.56. The van der Waals surface area contributed by atoms with Crippen molar-refractivity contribution in [2.45, 2.75) is 21.6 Å². The summed E-state index contributed by atoms with van der Waals surface area (Å²) in [5, 5.41) is 3.21. The fourth-order valence-corrected chi connectivity index (χ4v) is 7.65. The molecule has 0 spiro atoms. The van der Waals surface area contributed by atoms with Crippen molar-refractivity contribution in [1.29, 1.82) is 0 Å². The molecule has 4 aromatic rings. The Morgan fingerprint density at radius 3 is 2.36 bits per heavy atom. The lowest BCUT2D eigenvalue weighted by molar-refractivity contribution is -0.120. The number of fused-ring (bicyclic) bond motifs is 2. The van der Waals surface area contributed by atoms with Crippen LogP contribution in [0.2, 0.25) is 0 Å². The van der Waals surface area contributed by atoms with E-state index >= 15 is 0 Å². The van der Waals surface area contributed by atoms with Crippen molar-refractivity contribution in [1.82, 2.24) is 4.72 Å². The van der Waals surface area contributed by atoms with Crippen LogP contribution in [0.5, 0.6) is 0 Å². The summed E-state index contributed by atoms with van der Waals surface area (Å²) < 4.78 is 55.8. The maximum absolute atomic E-state index is 13.7. The SMILES string of the molecule is O=C(NS(=O)(=O)c1cccs1)C1Cc2ccccc2N1S(=O)(=O)c1ccc2ccccc2c1. The number of hydrogen-bond acceptors (Lipinski definition) is 6. The van der Waals surface area contributed by atoms with Crippen LogP contribution in [-0.2, 0) is 31.3 Å². The van der Waals surface area contributed by atoms with Crippen molar-refractivity contribution in [3.8, 4) is 0 Å². The van der Waals surface area contributed by atoms with E-state index in [1.54, 1.807) is 47.8 Å². The number of benzene rings is 3. The monoisotopic (exact) mass is 498 g/mol. The maximum Gasteiger partial charge on any atom is 0.273 e. The summed E-state index contributed by atoms with van der Waals surface area (Å²) in [6.07, 6.45) is 0.0643. The van der Waals surface area contributed by atoms with Gasteiger partial charge in [0.15, 0.2) is 0 Å². The molecule has 0 saturated carbocycles. The average molecular weight is 499 g/mol. The van der Waals surface area contributed by atoms with Crippen LogP contribution in [0.1, 0.15) is 5.56 Å². The third-order valence-corrected chi connectivity index (χ3v) is 10.1. The number of rotatable bonds is 5. The molecule has 33 heavy (non-hydrogen) atoms. The van der Waals surface area contributed by atoms with Gasteiger partial charge in [-0.3, -0.25) is 9.10 Å². The van der Waals surface area contributed by atoms with Gasteiger partial charge in [-0.25, -0.2) is 21.6 Å². The zero-order chi connectivity index (χ0) is 23.2. The minimum atomic E-state index is -4.17. The van der Waals surface area contributed by atoms with Crippen LogP contribution >= 0.6 is 11.3 Å². The van der Waals surface area contributed by atoms with E-state index in [2.05, 4.69) is 4.72 Å². The van der Waals surface area contributed by atoms with Crippen LogP contribution < -0.4 is 9.03 Å². The fraction of sp³-hybridized carbons (Fsp3) is 0.0870. The molecule has 10 heteroatoms. The van der Waals surface area contributed by atoms with Gasteiger partial charge in [0.25, 0.3) is 26.0 Å². The molecule has 0 bridgehead atoms. The highest BCUT2D eigenvalue weighted by atomic mass is 32.2. The lowest BCUT2D eigenvalue weighted by atomic mass is 10.1. The minimum Gasteiger partial charge on any atom is -0.272 e. The summed E-state index contributed by atoms with van der Waals surface area (Å²) in [4.78, 5) is 13.2. The van der Waals surface area contributed by atoms with Gasteiger partial charge >= 0.3 is 0 Å². The number of para-hydroxylation sites is 1. The largest absolute Gasteiger partial charge is 0.273 e. The Morgan fingerprint density at radius 2 is 1.61 bits per heavy atom. The second kappa shape index (κ2) is 7.98. The predicted molar refractivity (Wildman–Crippen MR) is 127 cm³/mol. The van der Waals surface area contributed by atoms with E-state index in [0.29, 0.717) is 11.3 Å². The lowest BCUT2D eigenvalue weighted by Crippen LogP contribution is -2.49. The first-order valence-corrected chi connectivity index (χ1v) is 13.8. The van der Waals surface area contributed by atoms with Crippen molar-refractivity contribution in [3.63, 3.8) is 0 Å². The predicted octanol–water partition coefficient (Wildman–Crippen LogP) is 3.53. The molecule has 1 N–H and O–H groups in total. The number of nitrogens with one attached hydrogen (secondary N) is 1.